The van der Waals surface area contributed by atoms with Crippen molar-refractivity contribution in [1.29, 1.82) is 5.26 Å². The van der Waals surface area contributed by atoms with Gasteiger partial charge in [0.2, 0.25) is 20.0 Å². The number of benzene rings is 2. The van der Waals surface area contributed by atoms with Crippen LogP contribution in [0.2, 0.25) is 0 Å². The lowest BCUT2D eigenvalue weighted by Crippen LogP contribution is -2.62. The molecule has 0 unspecified atom stereocenters. The van der Waals surface area contributed by atoms with Crippen molar-refractivity contribution in [3.63, 3.8) is 0 Å². The average molecular weight is 889 g/mol. The van der Waals surface area contributed by atoms with Crippen molar-refractivity contribution in [2.45, 2.75) is 99.6 Å². The summed E-state index contributed by atoms with van der Waals surface area (Å²) in [4.78, 5) is 25.0. The number of carbonyl (C=O) groups excluding carboxylic acids is 1. The summed E-state index contributed by atoms with van der Waals surface area (Å²) in [5, 5.41) is 15.7. The van der Waals surface area contributed by atoms with Crippen LogP contribution in [0.15, 0.2) is 61.2 Å². The molecule has 62 heavy (non-hydrogen) atoms. The first kappa shape index (κ1) is 43.6. The van der Waals surface area contributed by atoms with Crippen molar-refractivity contribution in [3.8, 4) is 34.3 Å². The van der Waals surface area contributed by atoms with Crippen molar-refractivity contribution >= 4 is 31.8 Å². The van der Waals surface area contributed by atoms with E-state index < -0.39 is 31.3 Å². The average Bonchev–Trinajstić information content (AvgIpc) is 3.87. The number of carbonyl (C=O) groups is 1. The number of fused-ring (bicyclic) bond motifs is 2. The van der Waals surface area contributed by atoms with Gasteiger partial charge in [-0.3, -0.25) is 19.8 Å². The van der Waals surface area contributed by atoms with Crippen LogP contribution in [0.3, 0.4) is 0 Å². The minimum absolute atomic E-state index is 0.218. The number of likely N-dealkylation sites (tertiary alicyclic amines) is 2. The van der Waals surface area contributed by atoms with Gasteiger partial charge in [0.1, 0.15) is 22.1 Å². The predicted molar refractivity (Wildman–Crippen MR) is 230 cm³/mol. The third-order valence-corrected chi connectivity index (χ3v) is 16.0. The minimum atomic E-state index is -3.78. The van der Waals surface area contributed by atoms with Crippen LogP contribution >= 0.6 is 0 Å². The normalized spacial score (nSPS) is 19.1. The highest BCUT2D eigenvalue weighted by Gasteiger charge is 2.43. The highest BCUT2D eigenvalue weighted by atomic mass is 32.2. The molecule has 4 N–H and O–H groups in total. The Morgan fingerprint density at radius 2 is 1.18 bits per heavy atom. The van der Waals surface area contributed by atoms with Gasteiger partial charge in [-0.15, -0.1) is 5.26 Å². The molecule has 2 aliphatic heterocycles. The van der Waals surface area contributed by atoms with Crippen LogP contribution < -0.4 is 19.9 Å². The zero-order chi connectivity index (χ0) is 43.6. The minimum Gasteiger partial charge on any atom is -0.387 e. The van der Waals surface area contributed by atoms with Crippen molar-refractivity contribution < 1.29 is 35.1 Å². The number of aromatic nitrogens is 2. The van der Waals surface area contributed by atoms with E-state index in [2.05, 4.69) is 29.8 Å². The maximum atomic E-state index is 14.7. The highest BCUT2D eigenvalue weighted by molar-refractivity contribution is 7.90. The van der Waals surface area contributed by atoms with E-state index in [4.69, 9.17) is 15.1 Å². The number of nitriles is 1. The van der Waals surface area contributed by atoms with Gasteiger partial charge in [-0.25, -0.2) is 40.3 Å². The molecule has 0 atom stereocenters. The largest absolute Gasteiger partial charge is 0.387 e. The zero-order valence-corrected chi connectivity index (χ0v) is 35.9. The molecular weight excluding hydrogens is 839 g/mol. The number of hydrogen-bond acceptors (Lipinski definition) is 11. The summed E-state index contributed by atoms with van der Waals surface area (Å²) in [5.41, 5.74) is 5.94. The Labute approximate surface area is 361 Å². The Morgan fingerprint density at radius 3 is 1.68 bits per heavy atom. The van der Waals surface area contributed by atoms with Crippen LogP contribution in [0.5, 0.6) is 5.75 Å². The molecule has 4 aliphatic carbocycles. The molecule has 18 heteroatoms. The summed E-state index contributed by atoms with van der Waals surface area (Å²) in [6.07, 6.45) is 19.7. The molecular formula is C44H50F2N8O6S2. The van der Waals surface area contributed by atoms with E-state index in [-0.39, 0.29) is 16.9 Å². The molecule has 10 rings (SSSR count). The third-order valence-electron chi connectivity index (χ3n) is 13.1. The molecule has 4 aromatic rings. The van der Waals surface area contributed by atoms with Crippen molar-refractivity contribution in [2.24, 2.45) is 5.14 Å². The molecule has 0 radical (unpaired) electrons. The lowest BCUT2D eigenvalue weighted by atomic mass is 9.89. The molecule has 2 aromatic heterocycles. The standard InChI is InChI=1S/C22H25FN4O3S.C15H11FN2O.C7H14N2O2S/c23-20-11-19(14-7-9-24-10-8-14)21(18-6-2-5-17(18)20)25-22(28)26-31(29,30)16-12-27(13-16)15-3-1-4-15;16-14-8-13(10-4-6-18-7-5-10)15(19-9-17)12-3-1-2-11(12)14;8-12(10,11)7-4-9(5-7)6-2-1-3-6/h7-11,15-16H,1-6,12-13H2,(H2,25,26,28);4-8H,1-3H2;6-7H,1-5H2,(H2,8,10,11). The Balaban J connectivity index is 0.000000144. The van der Waals surface area contributed by atoms with Gasteiger partial charge in [0.05, 0.1) is 5.69 Å². The number of sulfonamides is 2. The lowest BCUT2D eigenvalue weighted by molar-refractivity contribution is 0.0704. The van der Waals surface area contributed by atoms with Crippen LogP contribution in [-0.2, 0) is 45.7 Å². The number of hydrogen-bond donors (Lipinski definition) is 3. The number of nitrogens with two attached hydrogens (primary N) is 1. The number of nitrogens with zero attached hydrogens (tertiary/aromatic N) is 5. The molecule has 0 bridgehead atoms. The molecule has 4 heterocycles. The fourth-order valence-corrected chi connectivity index (χ4v) is 11.1. The number of nitrogens with one attached hydrogen (secondary N) is 2. The Hall–Kier alpha value is -5.06. The maximum Gasteiger partial charge on any atom is 0.332 e. The van der Waals surface area contributed by atoms with E-state index in [0.29, 0.717) is 96.8 Å². The first-order chi connectivity index (χ1) is 29.8. The summed E-state index contributed by atoms with van der Waals surface area (Å²) in [6, 6.07) is 10.2. The van der Waals surface area contributed by atoms with Gasteiger partial charge in [0.15, 0.2) is 5.75 Å². The SMILES string of the molecule is N#COc1c(-c2ccncc2)cc(F)c2c1CCC2.NS(=O)(=O)C1CN(C2CCC2)C1.O=C(Nc1c(-c2ccncc2)cc(F)c2c1CCC2)NS(=O)(=O)C1CN(C2CCC2)C1. The van der Waals surface area contributed by atoms with Crippen molar-refractivity contribution in [3.05, 3.63) is 95.1 Å². The third kappa shape index (κ3) is 9.32. The zero-order valence-electron chi connectivity index (χ0n) is 34.2. The maximum absolute atomic E-state index is 14.7. The second-order valence-electron chi connectivity index (χ2n) is 16.8. The molecule has 2 aromatic carbocycles. The van der Waals surface area contributed by atoms with E-state index in [9.17, 15) is 30.4 Å². The predicted octanol–water partition coefficient (Wildman–Crippen LogP) is 5.81. The van der Waals surface area contributed by atoms with Crippen molar-refractivity contribution in [2.75, 3.05) is 31.5 Å². The fraction of sp³-hybridized carbons (Fsp3) is 0.455. The van der Waals surface area contributed by atoms with Gasteiger partial charge in [-0.05, 0) is 128 Å². The quantitative estimate of drug-likeness (QED) is 0.171. The van der Waals surface area contributed by atoms with E-state index in [1.807, 2.05) is 0 Å². The number of rotatable bonds is 9. The number of ether oxygens (including phenoxy) is 1. The number of halogens is 2. The second kappa shape index (κ2) is 18.3. The molecule has 2 saturated heterocycles. The molecule has 2 amide bonds. The summed E-state index contributed by atoms with van der Waals surface area (Å²) in [7, 11) is -7.04. The topological polar surface area (TPSA) is 201 Å². The number of pyridine rings is 2. The summed E-state index contributed by atoms with van der Waals surface area (Å²) >= 11 is 0. The number of anilines is 1. The monoisotopic (exact) mass is 888 g/mol. The van der Waals surface area contributed by atoms with Crippen LogP contribution in [0.25, 0.3) is 22.3 Å². The number of amides is 2. The van der Waals surface area contributed by atoms with Gasteiger partial charge < -0.3 is 10.1 Å². The smallest absolute Gasteiger partial charge is 0.332 e. The lowest BCUT2D eigenvalue weighted by Gasteiger charge is -2.47. The van der Waals surface area contributed by atoms with Crippen LogP contribution in [0, 0.1) is 23.2 Å². The van der Waals surface area contributed by atoms with E-state index in [1.165, 1.54) is 37.8 Å². The Morgan fingerprint density at radius 1 is 0.710 bits per heavy atom. The van der Waals surface area contributed by atoms with E-state index >= 15 is 0 Å². The second-order valence-corrected chi connectivity index (χ2v) is 20.6. The Bertz CT molecular complexity index is 2560. The number of urea groups is 1. The molecule has 6 aliphatic rings. The first-order valence-corrected chi connectivity index (χ1v) is 24.3. The fourth-order valence-electron chi connectivity index (χ4n) is 9.04. The Kier molecular flexibility index (Phi) is 12.9. The molecule has 2 saturated carbocycles. The highest BCUT2D eigenvalue weighted by Crippen LogP contribution is 2.42. The first-order valence-electron chi connectivity index (χ1n) is 21.2. The van der Waals surface area contributed by atoms with Crippen LogP contribution in [0.1, 0.15) is 73.6 Å². The van der Waals surface area contributed by atoms with E-state index in [0.717, 1.165) is 48.8 Å². The summed E-state index contributed by atoms with van der Waals surface area (Å²) < 4.78 is 83.1. The molecule has 0 spiro atoms. The van der Waals surface area contributed by atoms with Gasteiger partial charge in [-0.1, -0.05) is 12.8 Å². The van der Waals surface area contributed by atoms with E-state index in [1.54, 1.807) is 55.3 Å². The van der Waals surface area contributed by atoms with Gasteiger partial charge in [0.25, 0.3) is 6.26 Å². The van der Waals surface area contributed by atoms with Crippen LogP contribution in [0.4, 0.5) is 19.3 Å². The molecule has 4 fully saturated rings. The summed E-state index contributed by atoms with van der Waals surface area (Å²) in [5.74, 6) is -0.0318. The molecule has 14 nitrogen and oxygen atoms in total. The van der Waals surface area contributed by atoms with Crippen LogP contribution in [-0.4, -0.2) is 91.4 Å². The van der Waals surface area contributed by atoms with Crippen molar-refractivity contribution in [1.82, 2.24) is 24.5 Å². The van der Waals surface area contributed by atoms with Gasteiger partial charge in [-0.2, -0.15) is 0 Å². The summed E-state index contributed by atoms with van der Waals surface area (Å²) in [6.45, 7) is 2.23. The molecule has 328 valence electrons. The van der Waals surface area contributed by atoms with Gasteiger partial charge >= 0.3 is 6.03 Å². The van der Waals surface area contributed by atoms with Gasteiger partial charge in [0, 0.05) is 79.7 Å². The number of primary sulfonamides is 1.